The Kier molecular flexibility index (Phi) is 7.58. The molecule has 0 fully saturated rings. The maximum absolute atomic E-state index is 12.8. The number of carbonyl (C=O) groups is 1. The van der Waals surface area contributed by atoms with E-state index in [4.69, 9.17) is 18.9 Å². The SMILES string of the molecule is COc1cc(C(C)NC(=O)c2csc(-c3ccc(OC(C)C)cc3)n2)cc(OC)c1OC. The second-order valence-corrected chi connectivity index (χ2v) is 8.24. The topological polar surface area (TPSA) is 78.9 Å². The van der Waals surface area contributed by atoms with Crippen molar-refractivity contribution in [3.63, 3.8) is 0 Å². The van der Waals surface area contributed by atoms with Crippen molar-refractivity contribution in [2.75, 3.05) is 21.3 Å². The van der Waals surface area contributed by atoms with Crippen LogP contribution in [0.15, 0.2) is 41.8 Å². The molecule has 0 aliphatic rings. The van der Waals surface area contributed by atoms with E-state index in [9.17, 15) is 4.79 Å². The average Bonchev–Trinajstić information content (AvgIpc) is 3.28. The van der Waals surface area contributed by atoms with Crippen LogP contribution in [-0.4, -0.2) is 38.3 Å². The molecule has 1 aromatic heterocycles. The lowest BCUT2D eigenvalue weighted by Crippen LogP contribution is -2.27. The highest BCUT2D eigenvalue weighted by Crippen LogP contribution is 2.39. The van der Waals surface area contributed by atoms with Crippen LogP contribution in [0, 0.1) is 0 Å². The average molecular weight is 457 g/mol. The van der Waals surface area contributed by atoms with E-state index in [-0.39, 0.29) is 18.1 Å². The summed E-state index contributed by atoms with van der Waals surface area (Å²) < 4.78 is 21.8. The molecular weight excluding hydrogens is 428 g/mol. The summed E-state index contributed by atoms with van der Waals surface area (Å²) in [4.78, 5) is 17.3. The first-order valence-corrected chi connectivity index (χ1v) is 11.1. The zero-order valence-corrected chi connectivity index (χ0v) is 19.9. The molecule has 2 aromatic carbocycles. The summed E-state index contributed by atoms with van der Waals surface area (Å²) in [5.74, 6) is 2.12. The van der Waals surface area contributed by atoms with E-state index in [1.807, 2.05) is 57.2 Å². The second-order valence-electron chi connectivity index (χ2n) is 7.38. The maximum Gasteiger partial charge on any atom is 0.271 e. The first-order chi connectivity index (χ1) is 15.4. The van der Waals surface area contributed by atoms with Crippen LogP contribution in [0.5, 0.6) is 23.0 Å². The Morgan fingerprint density at radius 1 is 0.969 bits per heavy atom. The largest absolute Gasteiger partial charge is 0.493 e. The van der Waals surface area contributed by atoms with Gasteiger partial charge in [0, 0.05) is 10.9 Å². The van der Waals surface area contributed by atoms with Crippen LogP contribution in [0.4, 0.5) is 0 Å². The Morgan fingerprint density at radius 3 is 2.12 bits per heavy atom. The maximum atomic E-state index is 12.8. The van der Waals surface area contributed by atoms with E-state index in [2.05, 4.69) is 10.3 Å². The van der Waals surface area contributed by atoms with E-state index in [0.717, 1.165) is 21.9 Å². The van der Waals surface area contributed by atoms with Gasteiger partial charge in [-0.1, -0.05) is 0 Å². The quantitative estimate of drug-likeness (QED) is 0.482. The van der Waals surface area contributed by atoms with Gasteiger partial charge in [0.2, 0.25) is 5.75 Å². The van der Waals surface area contributed by atoms with Crippen molar-refractivity contribution in [2.45, 2.75) is 32.9 Å². The molecule has 1 N–H and O–H groups in total. The van der Waals surface area contributed by atoms with Gasteiger partial charge in [-0.25, -0.2) is 4.98 Å². The summed E-state index contributed by atoms with van der Waals surface area (Å²) in [5.41, 5.74) is 2.12. The minimum atomic E-state index is -0.297. The number of hydrogen-bond acceptors (Lipinski definition) is 7. The Hall–Kier alpha value is -3.26. The Bertz CT molecular complexity index is 1040. The smallest absolute Gasteiger partial charge is 0.271 e. The van der Waals surface area contributed by atoms with Gasteiger partial charge in [0.25, 0.3) is 5.91 Å². The number of methoxy groups -OCH3 is 3. The first kappa shape index (κ1) is 23.4. The van der Waals surface area contributed by atoms with Crippen LogP contribution < -0.4 is 24.3 Å². The highest BCUT2D eigenvalue weighted by atomic mass is 32.1. The third-order valence-electron chi connectivity index (χ3n) is 4.74. The Morgan fingerprint density at radius 2 is 1.59 bits per heavy atom. The summed E-state index contributed by atoms with van der Waals surface area (Å²) in [6, 6.07) is 11.0. The van der Waals surface area contributed by atoms with Gasteiger partial charge in [-0.3, -0.25) is 4.79 Å². The highest BCUT2D eigenvalue weighted by Gasteiger charge is 2.19. The predicted molar refractivity (Wildman–Crippen MR) is 125 cm³/mol. The summed E-state index contributed by atoms with van der Waals surface area (Å²) in [6.45, 7) is 5.86. The minimum Gasteiger partial charge on any atom is -0.493 e. The molecule has 0 saturated heterocycles. The molecule has 0 aliphatic carbocycles. The van der Waals surface area contributed by atoms with E-state index in [1.165, 1.54) is 11.3 Å². The Labute approximate surface area is 192 Å². The number of amides is 1. The predicted octanol–water partition coefficient (Wildman–Crippen LogP) is 5.11. The molecule has 32 heavy (non-hydrogen) atoms. The van der Waals surface area contributed by atoms with Crippen LogP contribution in [0.3, 0.4) is 0 Å². The third kappa shape index (κ3) is 5.31. The van der Waals surface area contributed by atoms with Crippen molar-refractivity contribution in [3.05, 3.63) is 53.0 Å². The van der Waals surface area contributed by atoms with Crippen LogP contribution in [0.25, 0.3) is 10.6 Å². The van der Waals surface area contributed by atoms with Crippen LogP contribution in [0.2, 0.25) is 0 Å². The number of hydrogen-bond donors (Lipinski definition) is 1. The highest BCUT2D eigenvalue weighted by molar-refractivity contribution is 7.13. The van der Waals surface area contributed by atoms with Crippen molar-refractivity contribution >= 4 is 17.2 Å². The molecule has 0 aliphatic heterocycles. The van der Waals surface area contributed by atoms with E-state index in [1.54, 1.807) is 26.7 Å². The van der Waals surface area contributed by atoms with Crippen molar-refractivity contribution in [3.8, 4) is 33.6 Å². The van der Waals surface area contributed by atoms with Gasteiger partial charge in [0.05, 0.1) is 33.5 Å². The summed E-state index contributed by atoms with van der Waals surface area (Å²) in [7, 11) is 4.67. The summed E-state index contributed by atoms with van der Waals surface area (Å²) in [6.07, 6.45) is 0.114. The number of rotatable bonds is 9. The lowest BCUT2D eigenvalue weighted by molar-refractivity contribution is 0.0935. The number of benzene rings is 2. The number of thiazole rings is 1. The zero-order chi connectivity index (χ0) is 23.3. The van der Waals surface area contributed by atoms with Gasteiger partial charge in [-0.05, 0) is 62.7 Å². The van der Waals surface area contributed by atoms with E-state index < -0.39 is 0 Å². The molecular formula is C24H28N2O5S. The molecule has 170 valence electrons. The summed E-state index contributed by atoms with van der Waals surface area (Å²) >= 11 is 1.42. The molecule has 1 atom stereocenters. The fourth-order valence-electron chi connectivity index (χ4n) is 3.16. The van der Waals surface area contributed by atoms with Crippen LogP contribution in [-0.2, 0) is 0 Å². The molecule has 7 nitrogen and oxygen atoms in total. The normalized spacial score (nSPS) is 11.7. The number of aromatic nitrogens is 1. The third-order valence-corrected chi connectivity index (χ3v) is 5.64. The van der Waals surface area contributed by atoms with Gasteiger partial charge >= 0.3 is 0 Å². The van der Waals surface area contributed by atoms with Gasteiger partial charge in [-0.2, -0.15) is 0 Å². The van der Waals surface area contributed by atoms with Gasteiger partial charge < -0.3 is 24.3 Å². The molecule has 3 rings (SSSR count). The molecule has 0 radical (unpaired) electrons. The number of nitrogens with zero attached hydrogens (tertiary/aromatic N) is 1. The van der Waals surface area contributed by atoms with Crippen molar-refractivity contribution in [2.24, 2.45) is 0 Å². The first-order valence-electron chi connectivity index (χ1n) is 10.2. The summed E-state index contributed by atoms with van der Waals surface area (Å²) in [5, 5.41) is 5.51. The fraction of sp³-hybridized carbons (Fsp3) is 0.333. The number of nitrogens with one attached hydrogen (secondary N) is 1. The molecule has 1 amide bonds. The van der Waals surface area contributed by atoms with E-state index in [0.29, 0.717) is 22.9 Å². The monoisotopic (exact) mass is 456 g/mol. The van der Waals surface area contributed by atoms with Gasteiger partial charge in [0.1, 0.15) is 16.5 Å². The zero-order valence-electron chi connectivity index (χ0n) is 19.1. The molecule has 8 heteroatoms. The van der Waals surface area contributed by atoms with Crippen molar-refractivity contribution in [1.82, 2.24) is 10.3 Å². The van der Waals surface area contributed by atoms with E-state index >= 15 is 0 Å². The fourth-order valence-corrected chi connectivity index (χ4v) is 3.97. The lowest BCUT2D eigenvalue weighted by Gasteiger charge is -2.18. The number of carbonyl (C=O) groups excluding carboxylic acids is 1. The Balaban J connectivity index is 1.73. The minimum absolute atomic E-state index is 0.114. The molecule has 1 unspecified atom stereocenters. The number of ether oxygens (including phenoxy) is 4. The van der Waals surface area contributed by atoms with Crippen LogP contribution >= 0.6 is 11.3 Å². The molecule has 1 heterocycles. The van der Waals surface area contributed by atoms with Crippen molar-refractivity contribution in [1.29, 1.82) is 0 Å². The van der Waals surface area contributed by atoms with Crippen molar-refractivity contribution < 1.29 is 23.7 Å². The molecule has 0 bridgehead atoms. The van der Waals surface area contributed by atoms with Gasteiger partial charge in [0.15, 0.2) is 11.5 Å². The van der Waals surface area contributed by atoms with Gasteiger partial charge in [-0.15, -0.1) is 11.3 Å². The molecule has 0 spiro atoms. The molecule has 0 saturated carbocycles. The van der Waals surface area contributed by atoms with Crippen LogP contribution in [0.1, 0.15) is 42.9 Å². The lowest BCUT2D eigenvalue weighted by atomic mass is 10.1. The second kappa shape index (κ2) is 10.4. The standard InChI is InChI=1S/C24H28N2O5S/c1-14(2)31-18-9-7-16(8-10-18)24-26-19(13-32-24)23(27)25-15(3)17-11-20(28-4)22(30-6)21(12-17)29-5/h7-15H,1-6H3,(H,25,27). The molecule has 3 aromatic rings.